The third kappa shape index (κ3) is 4.84. The molecule has 1 aromatic heterocycles. The van der Waals surface area contributed by atoms with E-state index in [9.17, 15) is 18.8 Å². The molecule has 4 aromatic rings. The summed E-state index contributed by atoms with van der Waals surface area (Å²) >= 11 is 6.07. The van der Waals surface area contributed by atoms with Crippen LogP contribution in [0.5, 0.6) is 5.75 Å². The van der Waals surface area contributed by atoms with Crippen LogP contribution in [0.15, 0.2) is 72.8 Å². The molecule has 34 heavy (non-hydrogen) atoms. The van der Waals surface area contributed by atoms with Gasteiger partial charge in [0.05, 0.1) is 18.3 Å². The number of amides is 3. The zero-order valence-corrected chi connectivity index (χ0v) is 18.5. The standard InChI is InChI=1S/C24H18ClFN4O4/c1-34-21-5-3-2-4-18(21)28-23(32)24(33)29-30-19-11-6-15(25)12-14(19)13-20(30)22(31)27-17-9-7-16(26)8-10-17/h2-13H,1H3,(H,27,31)(H,28,32)(H,29,33). The van der Waals surface area contributed by atoms with Crippen LogP contribution in [0, 0.1) is 5.82 Å². The molecule has 0 radical (unpaired) electrons. The van der Waals surface area contributed by atoms with Gasteiger partial charge in [0.1, 0.15) is 17.3 Å². The van der Waals surface area contributed by atoms with Gasteiger partial charge in [-0.1, -0.05) is 23.7 Å². The number of carbonyl (C=O) groups is 3. The first-order chi connectivity index (χ1) is 16.4. The molecule has 10 heteroatoms. The van der Waals surface area contributed by atoms with Crippen molar-refractivity contribution in [1.82, 2.24) is 4.68 Å². The lowest BCUT2D eigenvalue weighted by molar-refractivity contribution is -0.133. The lowest BCUT2D eigenvalue weighted by Crippen LogP contribution is -2.36. The highest BCUT2D eigenvalue weighted by molar-refractivity contribution is 6.42. The molecule has 0 unspecified atom stereocenters. The second kappa shape index (κ2) is 9.63. The van der Waals surface area contributed by atoms with Crippen molar-refractivity contribution in [2.45, 2.75) is 0 Å². The zero-order valence-electron chi connectivity index (χ0n) is 17.8. The fourth-order valence-corrected chi connectivity index (χ4v) is 3.46. The number of aromatic nitrogens is 1. The second-order valence-corrected chi connectivity index (χ2v) is 7.56. The highest BCUT2D eigenvalue weighted by Gasteiger charge is 2.22. The van der Waals surface area contributed by atoms with Crippen molar-refractivity contribution in [3.63, 3.8) is 0 Å². The maximum Gasteiger partial charge on any atom is 0.328 e. The molecule has 0 atom stereocenters. The van der Waals surface area contributed by atoms with E-state index in [1.165, 1.54) is 42.1 Å². The largest absolute Gasteiger partial charge is 0.495 e. The second-order valence-electron chi connectivity index (χ2n) is 7.12. The first-order valence-electron chi connectivity index (χ1n) is 9.99. The maximum absolute atomic E-state index is 13.2. The summed E-state index contributed by atoms with van der Waals surface area (Å²) in [5, 5.41) is 6.09. The lowest BCUT2D eigenvalue weighted by atomic mass is 10.2. The van der Waals surface area contributed by atoms with Crippen LogP contribution in [0.1, 0.15) is 10.5 Å². The lowest BCUT2D eigenvalue weighted by Gasteiger charge is -2.13. The molecule has 1 heterocycles. The Morgan fingerprint density at radius 1 is 0.912 bits per heavy atom. The third-order valence-electron chi connectivity index (χ3n) is 4.87. The van der Waals surface area contributed by atoms with E-state index < -0.39 is 23.5 Å². The van der Waals surface area contributed by atoms with E-state index in [1.807, 2.05) is 0 Å². The van der Waals surface area contributed by atoms with Gasteiger partial charge in [0.25, 0.3) is 5.91 Å². The van der Waals surface area contributed by atoms with Gasteiger partial charge in [-0.25, -0.2) is 9.07 Å². The number of ether oxygens (including phenoxy) is 1. The Kier molecular flexibility index (Phi) is 6.46. The molecule has 0 saturated heterocycles. The number of para-hydroxylation sites is 2. The van der Waals surface area contributed by atoms with Crippen LogP contribution < -0.4 is 20.8 Å². The molecule has 3 N–H and O–H groups in total. The molecular weight excluding hydrogens is 463 g/mol. The molecule has 172 valence electrons. The van der Waals surface area contributed by atoms with E-state index in [2.05, 4.69) is 16.1 Å². The molecule has 0 fully saturated rings. The smallest absolute Gasteiger partial charge is 0.328 e. The van der Waals surface area contributed by atoms with Crippen LogP contribution in [0.3, 0.4) is 0 Å². The number of nitrogens with zero attached hydrogens (tertiary/aromatic N) is 1. The Labute approximate surface area is 198 Å². The highest BCUT2D eigenvalue weighted by atomic mass is 35.5. The first kappa shape index (κ1) is 22.8. The quantitative estimate of drug-likeness (QED) is 0.368. The SMILES string of the molecule is COc1ccccc1NC(=O)C(=O)Nn1c(C(=O)Nc2ccc(F)cc2)cc2cc(Cl)ccc21. The number of methoxy groups -OCH3 is 1. The summed E-state index contributed by atoms with van der Waals surface area (Å²) in [5.41, 5.74) is 3.57. The first-order valence-corrected chi connectivity index (χ1v) is 10.4. The van der Waals surface area contributed by atoms with Crippen LogP contribution in [0.25, 0.3) is 10.9 Å². The summed E-state index contributed by atoms with van der Waals surface area (Å²) in [6.07, 6.45) is 0. The van der Waals surface area contributed by atoms with Crippen molar-refractivity contribution in [2.75, 3.05) is 23.2 Å². The van der Waals surface area contributed by atoms with Crippen LogP contribution >= 0.6 is 11.6 Å². The number of rotatable bonds is 5. The summed E-state index contributed by atoms with van der Waals surface area (Å²) < 4.78 is 19.6. The molecular formula is C24H18ClFN4O4. The molecule has 0 bridgehead atoms. The van der Waals surface area contributed by atoms with E-state index >= 15 is 0 Å². The third-order valence-corrected chi connectivity index (χ3v) is 5.11. The van der Waals surface area contributed by atoms with Crippen LogP contribution in [-0.2, 0) is 9.59 Å². The average molecular weight is 481 g/mol. The normalized spacial score (nSPS) is 10.6. The van der Waals surface area contributed by atoms with Crippen LogP contribution in [0.4, 0.5) is 15.8 Å². The van der Waals surface area contributed by atoms with Crippen LogP contribution in [-0.4, -0.2) is 29.5 Å². The number of carbonyl (C=O) groups excluding carboxylic acids is 3. The Balaban J connectivity index is 1.62. The number of halogens is 2. The number of benzene rings is 3. The Hall–Kier alpha value is -4.37. The number of anilines is 2. The summed E-state index contributed by atoms with van der Waals surface area (Å²) in [7, 11) is 1.44. The molecule has 0 aliphatic heterocycles. The van der Waals surface area contributed by atoms with E-state index in [4.69, 9.17) is 16.3 Å². The van der Waals surface area contributed by atoms with Gasteiger partial charge in [-0.05, 0) is 60.7 Å². The highest BCUT2D eigenvalue weighted by Crippen LogP contribution is 2.25. The molecule has 0 saturated carbocycles. The van der Waals surface area contributed by atoms with E-state index in [-0.39, 0.29) is 5.69 Å². The predicted molar refractivity (Wildman–Crippen MR) is 127 cm³/mol. The van der Waals surface area contributed by atoms with Gasteiger partial charge in [-0.15, -0.1) is 0 Å². The summed E-state index contributed by atoms with van der Waals surface area (Å²) in [6.45, 7) is 0. The van der Waals surface area contributed by atoms with Crippen molar-refractivity contribution in [3.05, 3.63) is 89.3 Å². The predicted octanol–water partition coefficient (Wildman–Crippen LogP) is 4.40. The average Bonchev–Trinajstić information content (AvgIpc) is 3.18. The number of nitrogens with one attached hydrogen (secondary N) is 3. The fraction of sp³-hybridized carbons (Fsp3) is 0.0417. The van der Waals surface area contributed by atoms with Crippen LogP contribution in [0.2, 0.25) is 5.02 Å². The van der Waals surface area contributed by atoms with Gasteiger partial charge in [-0.3, -0.25) is 19.8 Å². The van der Waals surface area contributed by atoms with E-state index in [1.54, 1.807) is 42.5 Å². The Bertz CT molecular complexity index is 1400. The minimum atomic E-state index is -1.02. The summed E-state index contributed by atoms with van der Waals surface area (Å²) in [5.74, 6) is -2.65. The van der Waals surface area contributed by atoms with Gasteiger partial charge >= 0.3 is 11.8 Å². The molecule has 0 spiro atoms. The molecule has 0 aliphatic rings. The van der Waals surface area contributed by atoms with Crippen molar-refractivity contribution in [2.24, 2.45) is 0 Å². The van der Waals surface area contributed by atoms with Crippen molar-refractivity contribution < 1.29 is 23.5 Å². The fourth-order valence-electron chi connectivity index (χ4n) is 3.28. The number of hydrogen-bond donors (Lipinski definition) is 3. The van der Waals surface area contributed by atoms with Gasteiger partial charge < -0.3 is 15.4 Å². The van der Waals surface area contributed by atoms with Crippen molar-refractivity contribution >= 4 is 51.6 Å². The van der Waals surface area contributed by atoms with Crippen molar-refractivity contribution in [3.8, 4) is 5.75 Å². The maximum atomic E-state index is 13.2. The van der Waals surface area contributed by atoms with Gasteiger partial charge in [0.15, 0.2) is 0 Å². The Morgan fingerprint density at radius 2 is 1.65 bits per heavy atom. The number of hydrogen-bond acceptors (Lipinski definition) is 4. The monoisotopic (exact) mass is 480 g/mol. The topological polar surface area (TPSA) is 101 Å². The van der Waals surface area contributed by atoms with E-state index in [0.717, 1.165) is 0 Å². The van der Waals surface area contributed by atoms with Gasteiger partial charge in [-0.2, -0.15) is 0 Å². The summed E-state index contributed by atoms with van der Waals surface area (Å²) in [6, 6.07) is 18.1. The molecule has 3 aromatic carbocycles. The summed E-state index contributed by atoms with van der Waals surface area (Å²) in [4.78, 5) is 38.2. The van der Waals surface area contributed by atoms with Crippen molar-refractivity contribution in [1.29, 1.82) is 0 Å². The minimum absolute atomic E-state index is 0.0278. The zero-order chi connectivity index (χ0) is 24.2. The molecule has 8 nitrogen and oxygen atoms in total. The molecule has 3 amide bonds. The number of fused-ring (bicyclic) bond motifs is 1. The van der Waals surface area contributed by atoms with E-state index in [0.29, 0.717) is 33.0 Å². The van der Waals surface area contributed by atoms with Gasteiger partial charge in [0, 0.05) is 16.1 Å². The molecule has 4 rings (SSSR count). The Morgan fingerprint density at radius 3 is 2.38 bits per heavy atom. The molecule has 0 aliphatic carbocycles. The minimum Gasteiger partial charge on any atom is -0.495 e. The van der Waals surface area contributed by atoms with Gasteiger partial charge in [0.2, 0.25) is 0 Å².